The van der Waals surface area contributed by atoms with Crippen molar-refractivity contribution in [2.75, 3.05) is 27.9 Å². The first-order valence-corrected chi connectivity index (χ1v) is 9.39. The number of amides is 1. The van der Waals surface area contributed by atoms with Gasteiger partial charge in [0.15, 0.2) is 11.5 Å². The molecule has 2 N–H and O–H groups in total. The van der Waals surface area contributed by atoms with Gasteiger partial charge in [-0.25, -0.2) is 0 Å². The van der Waals surface area contributed by atoms with Gasteiger partial charge in [0.2, 0.25) is 11.7 Å². The van der Waals surface area contributed by atoms with Gasteiger partial charge in [0.25, 0.3) is 0 Å². The van der Waals surface area contributed by atoms with Crippen LogP contribution in [-0.2, 0) is 11.2 Å². The normalized spacial score (nSPS) is 11.0. The molecule has 3 rings (SSSR count). The van der Waals surface area contributed by atoms with Crippen LogP contribution in [0.1, 0.15) is 16.8 Å². The summed E-state index contributed by atoms with van der Waals surface area (Å²) < 4.78 is 16.0. The third-order valence-corrected chi connectivity index (χ3v) is 4.82. The maximum atomic E-state index is 12.2. The van der Waals surface area contributed by atoms with E-state index in [0.717, 1.165) is 23.2 Å². The zero-order valence-corrected chi connectivity index (χ0v) is 17.2. The number of para-hydroxylation sites is 1. The maximum Gasteiger partial charge on any atom is 0.244 e. The van der Waals surface area contributed by atoms with E-state index in [2.05, 4.69) is 29.4 Å². The Hall–Kier alpha value is -3.41. The van der Waals surface area contributed by atoms with E-state index in [1.807, 2.05) is 12.1 Å². The molecule has 0 radical (unpaired) electrons. The molecule has 6 heteroatoms. The number of rotatable bonds is 8. The summed E-state index contributed by atoms with van der Waals surface area (Å²) in [5.41, 5.74) is 4.26. The maximum absolute atomic E-state index is 12.2. The van der Waals surface area contributed by atoms with Crippen molar-refractivity contribution < 1.29 is 19.0 Å². The fourth-order valence-corrected chi connectivity index (χ4v) is 3.40. The van der Waals surface area contributed by atoms with Gasteiger partial charge in [-0.1, -0.05) is 18.2 Å². The quantitative estimate of drug-likeness (QED) is 0.569. The lowest BCUT2D eigenvalue weighted by Gasteiger charge is -2.12. The molecule has 1 heterocycles. The van der Waals surface area contributed by atoms with Crippen molar-refractivity contribution in [2.45, 2.75) is 13.3 Å². The number of carbonyl (C=O) groups excluding carboxylic acids is 1. The fraction of sp³-hybridized carbons (Fsp3) is 0.261. The minimum Gasteiger partial charge on any atom is -0.493 e. The summed E-state index contributed by atoms with van der Waals surface area (Å²) in [6.07, 6.45) is 3.99. The molecule has 29 heavy (non-hydrogen) atoms. The van der Waals surface area contributed by atoms with Gasteiger partial charge < -0.3 is 24.5 Å². The van der Waals surface area contributed by atoms with Gasteiger partial charge in [-0.15, -0.1) is 0 Å². The number of methoxy groups -OCH3 is 3. The van der Waals surface area contributed by atoms with Crippen LogP contribution < -0.4 is 19.5 Å². The van der Waals surface area contributed by atoms with Crippen LogP contribution in [0.4, 0.5) is 0 Å². The van der Waals surface area contributed by atoms with Crippen LogP contribution in [0.3, 0.4) is 0 Å². The number of benzene rings is 2. The molecule has 3 aromatic rings. The van der Waals surface area contributed by atoms with Gasteiger partial charge in [-0.05, 0) is 48.7 Å². The Labute approximate surface area is 170 Å². The molecule has 1 amide bonds. The van der Waals surface area contributed by atoms with Crippen molar-refractivity contribution in [3.05, 3.63) is 59.3 Å². The lowest BCUT2D eigenvalue weighted by molar-refractivity contribution is -0.116. The molecule has 0 bridgehead atoms. The highest BCUT2D eigenvalue weighted by atomic mass is 16.5. The number of fused-ring (bicyclic) bond motifs is 1. The SMILES string of the molecule is COc1cc(C=CC(=O)NCCc2c(C)[nH]c3ccccc23)cc(OC)c1OC. The summed E-state index contributed by atoms with van der Waals surface area (Å²) in [5.74, 6) is 1.45. The number of aryl methyl sites for hydroxylation is 1. The molecular weight excluding hydrogens is 368 g/mol. The average molecular weight is 394 g/mol. The van der Waals surface area contributed by atoms with Crippen molar-refractivity contribution in [3.8, 4) is 17.2 Å². The highest BCUT2D eigenvalue weighted by Gasteiger charge is 2.12. The molecule has 0 spiro atoms. The van der Waals surface area contributed by atoms with Crippen molar-refractivity contribution in [1.29, 1.82) is 0 Å². The second-order valence-corrected chi connectivity index (χ2v) is 6.61. The second kappa shape index (κ2) is 9.19. The second-order valence-electron chi connectivity index (χ2n) is 6.61. The third kappa shape index (κ3) is 4.54. The molecule has 0 aliphatic carbocycles. The summed E-state index contributed by atoms with van der Waals surface area (Å²) in [4.78, 5) is 15.6. The van der Waals surface area contributed by atoms with Crippen molar-refractivity contribution in [3.63, 3.8) is 0 Å². The number of ether oxygens (including phenoxy) is 3. The van der Waals surface area contributed by atoms with Gasteiger partial charge >= 0.3 is 0 Å². The van der Waals surface area contributed by atoms with E-state index in [4.69, 9.17) is 14.2 Å². The van der Waals surface area contributed by atoms with Crippen LogP contribution >= 0.6 is 0 Å². The third-order valence-electron chi connectivity index (χ3n) is 4.82. The van der Waals surface area contributed by atoms with Crippen LogP contribution in [0, 0.1) is 6.92 Å². The Kier molecular flexibility index (Phi) is 6.44. The molecule has 6 nitrogen and oxygen atoms in total. The number of H-pyrrole nitrogens is 1. The van der Waals surface area contributed by atoms with Gasteiger partial charge in [0.05, 0.1) is 21.3 Å². The highest BCUT2D eigenvalue weighted by Crippen LogP contribution is 2.38. The number of aromatic nitrogens is 1. The molecule has 0 atom stereocenters. The monoisotopic (exact) mass is 394 g/mol. The first kappa shape index (κ1) is 20.3. The number of carbonyl (C=O) groups is 1. The Bertz CT molecular complexity index is 1010. The molecule has 0 aliphatic heterocycles. The van der Waals surface area contributed by atoms with Gasteiger partial charge in [-0.2, -0.15) is 0 Å². The molecule has 0 saturated carbocycles. The molecule has 1 aromatic heterocycles. The standard InChI is InChI=1S/C23H26N2O4/c1-15-17(18-7-5-6-8-19(18)25-15)11-12-24-22(26)10-9-16-13-20(27-2)23(29-4)21(14-16)28-3/h5-10,13-14,25H,11-12H2,1-4H3,(H,24,26). The lowest BCUT2D eigenvalue weighted by Crippen LogP contribution is -2.23. The van der Waals surface area contributed by atoms with Crippen molar-refractivity contribution >= 4 is 22.9 Å². The van der Waals surface area contributed by atoms with Crippen molar-refractivity contribution in [1.82, 2.24) is 10.3 Å². The highest BCUT2D eigenvalue weighted by molar-refractivity contribution is 5.92. The first-order valence-electron chi connectivity index (χ1n) is 9.39. The van der Waals surface area contributed by atoms with E-state index >= 15 is 0 Å². The van der Waals surface area contributed by atoms with E-state index in [1.54, 1.807) is 39.5 Å². The molecular formula is C23H26N2O4. The predicted octanol–water partition coefficient (Wildman–Crippen LogP) is 3.87. The zero-order chi connectivity index (χ0) is 20.8. The lowest BCUT2D eigenvalue weighted by atomic mass is 10.1. The number of nitrogens with one attached hydrogen (secondary N) is 2. The summed E-state index contributed by atoms with van der Waals surface area (Å²) in [5, 5.41) is 4.14. The number of hydrogen-bond acceptors (Lipinski definition) is 4. The Morgan fingerprint density at radius 3 is 2.41 bits per heavy atom. The molecule has 0 saturated heterocycles. The van der Waals surface area contributed by atoms with Gasteiger partial charge in [0.1, 0.15) is 0 Å². The average Bonchev–Trinajstić information content (AvgIpc) is 3.06. The van der Waals surface area contributed by atoms with E-state index < -0.39 is 0 Å². The largest absolute Gasteiger partial charge is 0.493 e. The van der Waals surface area contributed by atoms with E-state index in [-0.39, 0.29) is 5.91 Å². The van der Waals surface area contributed by atoms with Gasteiger partial charge in [0, 0.05) is 29.2 Å². The fourth-order valence-electron chi connectivity index (χ4n) is 3.40. The van der Waals surface area contributed by atoms with Crippen LogP contribution in [0.2, 0.25) is 0 Å². The first-order chi connectivity index (χ1) is 14.1. The summed E-state index contributed by atoms with van der Waals surface area (Å²) >= 11 is 0. The smallest absolute Gasteiger partial charge is 0.244 e. The summed E-state index contributed by atoms with van der Waals surface area (Å²) in [7, 11) is 4.67. The molecule has 0 aliphatic rings. The van der Waals surface area contributed by atoms with Crippen LogP contribution in [-0.4, -0.2) is 38.8 Å². The van der Waals surface area contributed by atoms with Crippen LogP contribution in [0.25, 0.3) is 17.0 Å². The molecule has 2 aromatic carbocycles. The zero-order valence-electron chi connectivity index (χ0n) is 17.2. The van der Waals surface area contributed by atoms with Crippen LogP contribution in [0.15, 0.2) is 42.5 Å². The Morgan fingerprint density at radius 2 is 1.76 bits per heavy atom. The number of aromatic amines is 1. The molecule has 0 unspecified atom stereocenters. The molecule has 152 valence electrons. The van der Waals surface area contributed by atoms with Crippen LogP contribution in [0.5, 0.6) is 17.2 Å². The molecule has 0 fully saturated rings. The Morgan fingerprint density at radius 1 is 1.07 bits per heavy atom. The summed E-state index contributed by atoms with van der Waals surface area (Å²) in [6.45, 7) is 2.61. The minimum absolute atomic E-state index is 0.156. The van der Waals surface area contributed by atoms with Crippen molar-refractivity contribution in [2.24, 2.45) is 0 Å². The number of hydrogen-bond donors (Lipinski definition) is 2. The topological polar surface area (TPSA) is 72.6 Å². The summed E-state index contributed by atoms with van der Waals surface area (Å²) in [6, 6.07) is 11.8. The van der Waals surface area contributed by atoms with E-state index in [0.29, 0.717) is 23.8 Å². The van der Waals surface area contributed by atoms with E-state index in [9.17, 15) is 4.79 Å². The Balaban J connectivity index is 1.63. The van der Waals surface area contributed by atoms with E-state index in [1.165, 1.54) is 17.0 Å². The van der Waals surface area contributed by atoms with Gasteiger partial charge in [-0.3, -0.25) is 4.79 Å². The predicted molar refractivity (Wildman–Crippen MR) is 115 cm³/mol. The minimum atomic E-state index is -0.156.